The molecule has 76 valence electrons. The van der Waals surface area contributed by atoms with Gasteiger partial charge in [0, 0.05) is 19.0 Å². The van der Waals surface area contributed by atoms with Crippen molar-refractivity contribution in [3.8, 4) is 0 Å². The molecular formula is C11H21NO. The number of hydrogen-bond donors (Lipinski definition) is 0. The first-order chi connectivity index (χ1) is 6.29. The molecule has 0 bridgehead atoms. The summed E-state index contributed by atoms with van der Waals surface area (Å²) in [5.74, 6) is 0.804. The summed E-state index contributed by atoms with van der Waals surface area (Å²) in [4.78, 5) is 13.8. The third kappa shape index (κ3) is 3.37. The number of amides is 1. The SMILES string of the molecule is CCCCN(CCC)C(=O)C1CC1. The maximum atomic E-state index is 11.7. The van der Waals surface area contributed by atoms with Crippen molar-refractivity contribution in [3.05, 3.63) is 0 Å². The van der Waals surface area contributed by atoms with Crippen molar-refractivity contribution in [3.63, 3.8) is 0 Å². The highest BCUT2D eigenvalue weighted by Crippen LogP contribution is 2.31. The van der Waals surface area contributed by atoms with Gasteiger partial charge in [0.15, 0.2) is 0 Å². The van der Waals surface area contributed by atoms with Crippen LogP contribution in [0.3, 0.4) is 0 Å². The van der Waals surface area contributed by atoms with Crippen LogP contribution in [0.5, 0.6) is 0 Å². The Kier molecular flexibility index (Phi) is 4.26. The summed E-state index contributed by atoms with van der Waals surface area (Å²) in [6, 6.07) is 0. The molecule has 2 heteroatoms. The van der Waals surface area contributed by atoms with Crippen LogP contribution < -0.4 is 0 Å². The fourth-order valence-electron chi connectivity index (χ4n) is 1.54. The van der Waals surface area contributed by atoms with Crippen LogP contribution in [-0.2, 0) is 4.79 Å². The second-order valence-electron chi connectivity index (χ2n) is 3.95. The molecule has 13 heavy (non-hydrogen) atoms. The van der Waals surface area contributed by atoms with Gasteiger partial charge in [0.1, 0.15) is 0 Å². The zero-order valence-corrected chi connectivity index (χ0v) is 8.88. The Morgan fingerprint density at radius 3 is 2.38 bits per heavy atom. The van der Waals surface area contributed by atoms with Gasteiger partial charge in [-0.15, -0.1) is 0 Å². The second-order valence-corrected chi connectivity index (χ2v) is 3.95. The second kappa shape index (κ2) is 5.25. The minimum absolute atomic E-state index is 0.392. The minimum atomic E-state index is 0.392. The van der Waals surface area contributed by atoms with Gasteiger partial charge in [-0.1, -0.05) is 20.3 Å². The third-order valence-corrected chi connectivity index (χ3v) is 2.51. The molecule has 0 aromatic carbocycles. The van der Waals surface area contributed by atoms with E-state index in [0.29, 0.717) is 11.8 Å². The van der Waals surface area contributed by atoms with Gasteiger partial charge in [-0.2, -0.15) is 0 Å². The molecule has 1 aliphatic rings. The van der Waals surface area contributed by atoms with Gasteiger partial charge in [0.05, 0.1) is 0 Å². The largest absolute Gasteiger partial charge is 0.342 e. The molecule has 0 aliphatic heterocycles. The molecule has 0 radical (unpaired) electrons. The topological polar surface area (TPSA) is 20.3 Å². The smallest absolute Gasteiger partial charge is 0.225 e. The Hall–Kier alpha value is -0.530. The van der Waals surface area contributed by atoms with E-state index in [0.717, 1.165) is 38.8 Å². The number of carbonyl (C=O) groups excluding carboxylic acids is 1. The van der Waals surface area contributed by atoms with E-state index in [-0.39, 0.29) is 0 Å². The quantitative estimate of drug-likeness (QED) is 0.619. The highest BCUT2D eigenvalue weighted by molar-refractivity contribution is 5.81. The Balaban J connectivity index is 2.30. The van der Waals surface area contributed by atoms with E-state index in [2.05, 4.69) is 18.7 Å². The summed E-state index contributed by atoms with van der Waals surface area (Å²) in [5, 5.41) is 0. The van der Waals surface area contributed by atoms with E-state index in [4.69, 9.17) is 0 Å². The maximum absolute atomic E-state index is 11.7. The van der Waals surface area contributed by atoms with Gasteiger partial charge in [-0.05, 0) is 25.7 Å². The molecule has 0 atom stereocenters. The summed E-state index contributed by atoms with van der Waals surface area (Å²) >= 11 is 0. The molecule has 0 aromatic heterocycles. The molecule has 1 saturated carbocycles. The predicted octanol–water partition coefficient (Wildman–Crippen LogP) is 2.44. The Morgan fingerprint density at radius 1 is 1.23 bits per heavy atom. The average molecular weight is 183 g/mol. The van der Waals surface area contributed by atoms with Gasteiger partial charge in [-0.25, -0.2) is 0 Å². The first-order valence-corrected chi connectivity index (χ1v) is 5.58. The van der Waals surface area contributed by atoms with Crippen LogP contribution in [0.1, 0.15) is 46.0 Å². The van der Waals surface area contributed by atoms with Crippen LogP contribution in [0, 0.1) is 5.92 Å². The van der Waals surface area contributed by atoms with Crippen LogP contribution >= 0.6 is 0 Å². The van der Waals surface area contributed by atoms with Gasteiger partial charge in [0.25, 0.3) is 0 Å². The fourth-order valence-corrected chi connectivity index (χ4v) is 1.54. The van der Waals surface area contributed by atoms with Crippen LogP contribution in [0.15, 0.2) is 0 Å². The Bertz CT molecular complexity index is 163. The molecule has 0 heterocycles. The Morgan fingerprint density at radius 2 is 1.92 bits per heavy atom. The summed E-state index contributed by atoms with van der Waals surface area (Å²) in [6.07, 6.45) is 5.68. The number of nitrogens with zero attached hydrogens (tertiary/aromatic N) is 1. The average Bonchev–Trinajstić information content (AvgIpc) is 2.94. The molecule has 1 amide bonds. The summed E-state index contributed by atoms with van der Waals surface area (Å²) in [6.45, 7) is 6.24. The first-order valence-electron chi connectivity index (χ1n) is 5.58. The summed E-state index contributed by atoms with van der Waals surface area (Å²) in [5.41, 5.74) is 0. The monoisotopic (exact) mass is 183 g/mol. The molecule has 0 unspecified atom stereocenters. The Labute approximate surface area is 81.3 Å². The lowest BCUT2D eigenvalue weighted by Gasteiger charge is -2.21. The summed E-state index contributed by atoms with van der Waals surface area (Å²) in [7, 11) is 0. The number of carbonyl (C=O) groups is 1. The minimum Gasteiger partial charge on any atom is -0.342 e. The maximum Gasteiger partial charge on any atom is 0.225 e. The molecule has 0 aromatic rings. The number of rotatable bonds is 6. The normalized spacial score (nSPS) is 15.8. The van der Waals surface area contributed by atoms with E-state index < -0.39 is 0 Å². The lowest BCUT2D eigenvalue weighted by Crippen LogP contribution is -2.33. The van der Waals surface area contributed by atoms with Crippen molar-refractivity contribution in [2.75, 3.05) is 13.1 Å². The zero-order valence-electron chi connectivity index (χ0n) is 8.88. The molecule has 1 rings (SSSR count). The molecule has 2 nitrogen and oxygen atoms in total. The number of unbranched alkanes of at least 4 members (excludes halogenated alkanes) is 1. The summed E-state index contributed by atoms with van der Waals surface area (Å²) < 4.78 is 0. The fraction of sp³-hybridized carbons (Fsp3) is 0.909. The number of hydrogen-bond acceptors (Lipinski definition) is 1. The lowest BCUT2D eigenvalue weighted by atomic mass is 10.2. The van der Waals surface area contributed by atoms with Crippen LogP contribution in [0.4, 0.5) is 0 Å². The van der Waals surface area contributed by atoms with E-state index in [1.807, 2.05) is 0 Å². The third-order valence-electron chi connectivity index (χ3n) is 2.51. The van der Waals surface area contributed by atoms with Crippen LogP contribution in [-0.4, -0.2) is 23.9 Å². The highest BCUT2D eigenvalue weighted by Gasteiger charge is 2.32. The van der Waals surface area contributed by atoms with Crippen molar-refractivity contribution < 1.29 is 4.79 Å². The van der Waals surface area contributed by atoms with Crippen LogP contribution in [0.25, 0.3) is 0 Å². The van der Waals surface area contributed by atoms with Crippen LogP contribution in [0.2, 0.25) is 0 Å². The molecular weight excluding hydrogens is 162 g/mol. The van der Waals surface area contributed by atoms with Gasteiger partial charge >= 0.3 is 0 Å². The first kappa shape index (κ1) is 10.6. The van der Waals surface area contributed by atoms with Gasteiger partial charge in [0.2, 0.25) is 5.91 Å². The van der Waals surface area contributed by atoms with Crippen molar-refractivity contribution >= 4 is 5.91 Å². The van der Waals surface area contributed by atoms with Crippen molar-refractivity contribution in [1.29, 1.82) is 0 Å². The van der Waals surface area contributed by atoms with Crippen molar-refractivity contribution in [2.45, 2.75) is 46.0 Å². The van der Waals surface area contributed by atoms with Crippen molar-refractivity contribution in [1.82, 2.24) is 4.90 Å². The van der Waals surface area contributed by atoms with E-state index >= 15 is 0 Å². The van der Waals surface area contributed by atoms with Gasteiger partial charge < -0.3 is 4.90 Å². The molecule has 0 saturated heterocycles. The van der Waals surface area contributed by atoms with E-state index in [1.54, 1.807) is 0 Å². The standard InChI is InChI=1S/C11H21NO/c1-3-5-9-12(8-4-2)11(13)10-6-7-10/h10H,3-9H2,1-2H3. The predicted molar refractivity (Wildman–Crippen MR) is 54.5 cm³/mol. The molecule has 1 fully saturated rings. The molecule has 0 spiro atoms. The van der Waals surface area contributed by atoms with E-state index in [1.165, 1.54) is 6.42 Å². The lowest BCUT2D eigenvalue weighted by molar-refractivity contribution is -0.132. The molecule has 0 N–H and O–H groups in total. The zero-order chi connectivity index (χ0) is 9.68. The highest BCUT2D eigenvalue weighted by atomic mass is 16.2. The van der Waals surface area contributed by atoms with Crippen molar-refractivity contribution in [2.24, 2.45) is 5.92 Å². The van der Waals surface area contributed by atoms with Gasteiger partial charge in [-0.3, -0.25) is 4.79 Å². The van der Waals surface area contributed by atoms with E-state index in [9.17, 15) is 4.79 Å². The molecule has 1 aliphatic carbocycles.